The Kier molecular flexibility index (Phi) is 3.46. The minimum atomic E-state index is -0.974. The van der Waals surface area contributed by atoms with Crippen molar-refractivity contribution in [3.8, 4) is 0 Å². The highest BCUT2D eigenvalue weighted by molar-refractivity contribution is 6.31. The van der Waals surface area contributed by atoms with Crippen LogP contribution in [-0.2, 0) is 13.6 Å². The Hall–Kier alpha value is -1.86. The monoisotopic (exact) mass is 309 g/mol. The van der Waals surface area contributed by atoms with Crippen molar-refractivity contribution in [1.29, 1.82) is 0 Å². The Morgan fingerprint density at radius 2 is 2.38 bits per heavy atom. The molecule has 1 unspecified atom stereocenters. The highest BCUT2D eigenvalue weighted by atomic mass is 35.5. The lowest BCUT2D eigenvalue weighted by Crippen LogP contribution is -2.39. The molecule has 2 aromatic heterocycles. The van der Waals surface area contributed by atoms with E-state index in [4.69, 9.17) is 11.6 Å². The summed E-state index contributed by atoms with van der Waals surface area (Å²) in [5, 5.41) is 18.7. The van der Waals surface area contributed by atoms with Crippen molar-refractivity contribution in [2.45, 2.75) is 18.6 Å². The fraction of sp³-hybridized carbons (Fsp3) is 0.462. The summed E-state index contributed by atoms with van der Waals surface area (Å²) in [7, 11) is 1.77. The SMILES string of the molecule is Cn1cc(Cl)cc1C(=O)N1CCC(O)(Cn2ccnn2)C1. The fourth-order valence-electron chi connectivity index (χ4n) is 2.68. The molecule has 1 N–H and O–H groups in total. The molecular formula is C13H16ClN5O2. The third-order valence-corrected chi connectivity index (χ3v) is 3.95. The van der Waals surface area contributed by atoms with Crippen molar-refractivity contribution in [3.05, 3.63) is 35.4 Å². The molecular weight excluding hydrogens is 294 g/mol. The Bertz CT molecular complexity index is 654. The summed E-state index contributed by atoms with van der Waals surface area (Å²) in [6, 6.07) is 1.64. The number of hydrogen-bond donors (Lipinski definition) is 1. The van der Waals surface area contributed by atoms with Crippen LogP contribution in [0.5, 0.6) is 0 Å². The van der Waals surface area contributed by atoms with Crippen molar-refractivity contribution in [2.75, 3.05) is 13.1 Å². The first kappa shape index (κ1) is 14.1. The second-order valence-electron chi connectivity index (χ2n) is 5.46. The van der Waals surface area contributed by atoms with E-state index in [2.05, 4.69) is 10.3 Å². The molecule has 3 heterocycles. The largest absolute Gasteiger partial charge is 0.386 e. The Morgan fingerprint density at radius 1 is 1.57 bits per heavy atom. The van der Waals surface area contributed by atoms with Gasteiger partial charge in [-0.15, -0.1) is 5.10 Å². The Balaban J connectivity index is 1.71. The third-order valence-electron chi connectivity index (χ3n) is 3.74. The molecule has 7 nitrogen and oxygen atoms in total. The number of nitrogens with zero attached hydrogens (tertiary/aromatic N) is 5. The molecule has 1 aliphatic rings. The summed E-state index contributed by atoms with van der Waals surface area (Å²) in [5.74, 6) is -0.126. The lowest BCUT2D eigenvalue weighted by atomic mass is 10.0. The average Bonchev–Trinajstić information content (AvgIpc) is 3.11. The normalized spacial score (nSPS) is 22.0. The van der Waals surface area contributed by atoms with Crippen LogP contribution in [0.15, 0.2) is 24.7 Å². The van der Waals surface area contributed by atoms with Crippen LogP contribution >= 0.6 is 11.6 Å². The van der Waals surface area contributed by atoms with Crippen molar-refractivity contribution >= 4 is 17.5 Å². The first-order valence-electron chi connectivity index (χ1n) is 6.64. The van der Waals surface area contributed by atoms with Crippen LogP contribution in [0.25, 0.3) is 0 Å². The molecule has 8 heteroatoms. The van der Waals surface area contributed by atoms with E-state index in [1.54, 1.807) is 45.9 Å². The van der Waals surface area contributed by atoms with Crippen LogP contribution in [0.3, 0.4) is 0 Å². The Morgan fingerprint density at radius 3 is 3.00 bits per heavy atom. The Labute approximate surface area is 126 Å². The molecule has 112 valence electrons. The van der Waals surface area contributed by atoms with E-state index in [1.165, 1.54) is 0 Å². The number of aryl methyl sites for hydroxylation is 1. The van der Waals surface area contributed by atoms with E-state index in [-0.39, 0.29) is 12.5 Å². The van der Waals surface area contributed by atoms with Gasteiger partial charge in [-0.25, -0.2) is 4.68 Å². The summed E-state index contributed by atoms with van der Waals surface area (Å²) < 4.78 is 3.27. The maximum Gasteiger partial charge on any atom is 0.270 e. The van der Waals surface area contributed by atoms with E-state index in [0.717, 1.165) is 0 Å². The van der Waals surface area contributed by atoms with Crippen molar-refractivity contribution in [3.63, 3.8) is 0 Å². The van der Waals surface area contributed by atoms with Crippen LogP contribution in [0.1, 0.15) is 16.9 Å². The van der Waals surface area contributed by atoms with Gasteiger partial charge < -0.3 is 14.6 Å². The van der Waals surface area contributed by atoms with E-state index in [0.29, 0.717) is 30.2 Å². The highest BCUT2D eigenvalue weighted by Gasteiger charge is 2.39. The second-order valence-corrected chi connectivity index (χ2v) is 5.89. The molecule has 0 aliphatic carbocycles. The lowest BCUT2D eigenvalue weighted by molar-refractivity contribution is 0.0265. The molecule has 1 amide bonds. The number of likely N-dealkylation sites (tertiary alicyclic amines) is 1. The number of β-amino-alcohol motifs (C(OH)–C–C–N with tert-alkyl or cyclic N) is 1. The number of rotatable bonds is 3. The number of amides is 1. The third kappa shape index (κ3) is 2.79. The molecule has 0 aromatic carbocycles. The predicted molar refractivity (Wildman–Crippen MR) is 75.9 cm³/mol. The van der Waals surface area contributed by atoms with E-state index >= 15 is 0 Å². The first-order valence-corrected chi connectivity index (χ1v) is 7.02. The van der Waals surface area contributed by atoms with Gasteiger partial charge in [0.2, 0.25) is 0 Å². The van der Waals surface area contributed by atoms with E-state index < -0.39 is 5.60 Å². The van der Waals surface area contributed by atoms with Gasteiger partial charge in [-0.1, -0.05) is 16.8 Å². The van der Waals surface area contributed by atoms with E-state index in [1.807, 2.05) is 0 Å². The second kappa shape index (κ2) is 5.16. The average molecular weight is 310 g/mol. The van der Waals surface area contributed by atoms with Gasteiger partial charge in [-0.2, -0.15) is 0 Å². The summed E-state index contributed by atoms with van der Waals surface area (Å²) in [6.07, 6.45) is 5.45. The van der Waals surface area contributed by atoms with Gasteiger partial charge in [-0.05, 0) is 12.5 Å². The number of carbonyl (C=O) groups excluding carboxylic acids is 1. The maximum absolute atomic E-state index is 12.5. The zero-order valence-corrected chi connectivity index (χ0v) is 12.4. The lowest BCUT2D eigenvalue weighted by Gasteiger charge is -2.23. The van der Waals surface area contributed by atoms with Crippen molar-refractivity contribution in [1.82, 2.24) is 24.5 Å². The molecule has 2 aromatic rings. The summed E-state index contributed by atoms with van der Waals surface area (Å²) in [5.41, 5.74) is -0.455. The van der Waals surface area contributed by atoms with Crippen LogP contribution in [0.4, 0.5) is 0 Å². The van der Waals surface area contributed by atoms with Crippen molar-refractivity contribution in [2.24, 2.45) is 7.05 Å². The van der Waals surface area contributed by atoms with Crippen LogP contribution < -0.4 is 0 Å². The molecule has 0 saturated carbocycles. The van der Waals surface area contributed by atoms with Gasteiger partial charge >= 0.3 is 0 Å². The van der Waals surface area contributed by atoms with Gasteiger partial charge in [0, 0.05) is 26.0 Å². The molecule has 1 aliphatic heterocycles. The number of hydrogen-bond acceptors (Lipinski definition) is 4. The predicted octanol–water partition coefficient (Wildman–Crippen LogP) is 0.547. The van der Waals surface area contributed by atoms with Gasteiger partial charge in [-0.3, -0.25) is 4.79 Å². The topological polar surface area (TPSA) is 76.2 Å². The number of aromatic nitrogens is 4. The minimum Gasteiger partial charge on any atom is -0.386 e. The summed E-state index contributed by atoms with van der Waals surface area (Å²) in [6.45, 7) is 1.10. The smallest absolute Gasteiger partial charge is 0.270 e. The molecule has 1 atom stereocenters. The number of carbonyl (C=O) groups is 1. The molecule has 1 saturated heterocycles. The highest BCUT2D eigenvalue weighted by Crippen LogP contribution is 2.25. The van der Waals surface area contributed by atoms with Gasteiger partial charge in [0.1, 0.15) is 11.3 Å². The van der Waals surface area contributed by atoms with Gasteiger partial charge in [0.05, 0.1) is 24.3 Å². The maximum atomic E-state index is 12.5. The van der Waals surface area contributed by atoms with Gasteiger partial charge in [0.15, 0.2) is 0 Å². The molecule has 3 rings (SSSR count). The van der Waals surface area contributed by atoms with Crippen LogP contribution in [0.2, 0.25) is 5.02 Å². The zero-order chi connectivity index (χ0) is 15.0. The molecule has 0 radical (unpaired) electrons. The van der Waals surface area contributed by atoms with Crippen LogP contribution in [-0.4, -0.2) is 54.2 Å². The first-order chi connectivity index (χ1) is 9.97. The summed E-state index contributed by atoms with van der Waals surface area (Å²) >= 11 is 5.91. The van der Waals surface area contributed by atoms with E-state index in [9.17, 15) is 9.90 Å². The zero-order valence-electron chi connectivity index (χ0n) is 11.6. The molecule has 0 bridgehead atoms. The minimum absolute atomic E-state index is 0.126. The van der Waals surface area contributed by atoms with Crippen LogP contribution in [0, 0.1) is 0 Å². The van der Waals surface area contributed by atoms with Gasteiger partial charge in [0.25, 0.3) is 5.91 Å². The molecule has 21 heavy (non-hydrogen) atoms. The number of aliphatic hydroxyl groups is 1. The standard InChI is InChI=1S/C13H16ClN5O2/c1-17-7-10(14)6-11(17)12(20)18-4-2-13(21,8-18)9-19-5-3-15-16-19/h3,5-7,21H,2,4,8-9H2,1H3. The quantitative estimate of drug-likeness (QED) is 0.898. The summed E-state index contributed by atoms with van der Waals surface area (Å²) in [4.78, 5) is 14.1. The fourth-order valence-corrected chi connectivity index (χ4v) is 2.93. The van der Waals surface area contributed by atoms with Crippen molar-refractivity contribution < 1.29 is 9.90 Å². The number of halogens is 1. The molecule has 0 spiro atoms. The molecule has 1 fully saturated rings.